The molecule has 1 N–H and O–H groups in total. The SMILES string of the molecule is CC[C@@H](Oc1ccc(=O)n(-c2ccc(F)cc2)n1)C(=O)Nc1cccc(F)c1. The molecule has 0 spiro atoms. The minimum absolute atomic E-state index is 0.0465. The van der Waals surface area contributed by atoms with Crippen LogP contribution in [0.5, 0.6) is 5.88 Å². The van der Waals surface area contributed by atoms with Gasteiger partial charge in [0.05, 0.1) is 5.69 Å². The number of nitrogens with one attached hydrogen (secondary N) is 1. The van der Waals surface area contributed by atoms with E-state index in [-0.39, 0.29) is 5.88 Å². The largest absolute Gasteiger partial charge is 0.463 e. The van der Waals surface area contributed by atoms with E-state index in [0.29, 0.717) is 17.8 Å². The lowest BCUT2D eigenvalue weighted by Crippen LogP contribution is -2.33. The van der Waals surface area contributed by atoms with Crippen LogP contribution in [0.4, 0.5) is 14.5 Å². The number of carbonyl (C=O) groups is 1. The van der Waals surface area contributed by atoms with Crippen LogP contribution in [0.15, 0.2) is 65.5 Å². The molecule has 0 saturated carbocycles. The number of nitrogens with zero attached hydrogens (tertiary/aromatic N) is 2. The lowest BCUT2D eigenvalue weighted by Gasteiger charge is -2.17. The first-order chi connectivity index (χ1) is 13.5. The summed E-state index contributed by atoms with van der Waals surface area (Å²) in [7, 11) is 0. The fourth-order valence-electron chi connectivity index (χ4n) is 2.48. The number of hydrogen-bond donors (Lipinski definition) is 1. The van der Waals surface area contributed by atoms with Crippen LogP contribution in [0.25, 0.3) is 5.69 Å². The van der Waals surface area contributed by atoms with Gasteiger partial charge in [0.25, 0.3) is 11.5 Å². The average molecular weight is 385 g/mol. The van der Waals surface area contributed by atoms with E-state index in [4.69, 9.17) is 4.74 Å². The maximum Gasteiger partial charge on any atom is 0.271 e. The molecule has 1 amide bonds. The van der Waals surface area contributed by atoms with Crippen molar-refractivity contribution in [3.8, 4) is 11.6 Å². The molecule has 2 aromatic carbocycles. The summed E-state index contributed by atoms with van der Waals surface area (Å²) in [5.74, 6) is -1.34. The Morgan fingerprint density at radius 1 is 1.11 bits per heavy atom. The van der Waals surface area contributed by atoms with Gasteiger partial charge in [-0.25, -0.2) is 8.78 Å². The summed E-state index contributed by atoms with van der Waals surface area (Å²) in [5, 5.41) is 6.66. The Morgan fingerprint density at radius 2 is 1.86 bits per heavy atom. The highest BCUT2D eigenvalue weighted by atomic mass is 19.1. The second-order valence-electron chi connectivity index (χ2n) is 5.91. The van der Waals surface area contributed by atoms with Gasteiger partial charge in [0.1, 0.15) is 11.6 Å². The molecular formula is C20H17F2N3O3. The van der Waals surface area contributed by atoms with Gasteiger partial charge in [-0.15, -0.1) is 5.10 Å². The first-order valence-electron chi connectivity index (χ1n) is 8.55. The van der Waals surface area contributed by atoms with E-state index in [0.717, 1.165) is 4.68 Å². The van der Waals surface area contributed by atoms with E-state index in [1.165, 1.54) is 54.6 Å². The Hall–Kier alpha value is -3.55. The van der Waals surface area contributed by atoms with Crippen LogP contribution in [0.2, 0.25) is 0 Å². The molecule has 6 nitrogen and oxygen atoms in total. The van der Waals surface area contributed by atoms with E-state index >= 15 is 0 Å². The van der Waals surface area contributed by atoms with E-state index in [1.54, 1.807) is 13.0 Å². The number of carbonyl (C=O) groups excluding carboxylic acids is 1. The van der Waals surface area contributed by atoms with Crippen LogP contribution in [0.3, 0.4) is 0 Å². The summed E-state index contributed by atoms with van der Waals surface area (Å²) in [4.78, 5) is 24.5. The van der Waals surface area contributed by atoms with Crippen LogP contribution in [0, 0.1) is 11.6 Å². The monoisotopic (exact) mass is 385 g/mol. The first kappa shape index (κ1) is 19.2. The Bertz CT molecular complexity index is 1040. The van der Waals surface area contributed by atoms with Crippen molar-refractivity contribution in [3.63, 3.8) is 0 Å². The average Bonchev–Trinajstić information content (AvgIpc) is 2.68. The van der Waals surface area contributed by atoms with E-state index < -0.39 is 29.2 Å². The minimum Gasteiger partial charge on any atom is -0.463 e. The van der Waals surface area contributed by atoms with E-state index in [2.05, 4.69) is 10.4 Å². The molecule has 28 heavy (non-hydrogen) atoms. The van der Waals surface area contributed by atoms with Gasteiger partial charge in [-0.1, -0.05) is 13.0 Å². The summed E-state index contributed by atoms with van der Waals surface area (Å²) in [6.45, 7) is 1.74. The fraction of sp³-hybridized carbons (Fsp3) is 0.150. The summed E-state index contributed by atoms with van der Waals surface area (Å²) in [5.41, 5.74) is 0.224. The third kappa shape index (κ3) is 4.59. The third-order valence-electron chi connectivity index (χ3n) is 3.87. The number of benzene rings is 2. The molecule has 0 fully saturated rings. The molecule has 0 radical (unpaired) electrons. The maximum atomic E-state index is 13.3. The number of amides is 1. The molecule has 0 saturated heterocycles. The number of aromatic nitrogens is 2. The van der Waals surface area contributed by atoms with Gasteiger partial charge in [0, 0.05) is 17.8 Å². The molecule has 1 aromatic heterocycles. The van der Waals surface area contributed by atoms with Crippen molar-refractivity contribution in [1.82, 2.24) is 9.78 Å². The number of rotatable bonds is 6. The predicted molar refractivity (Wildman–Crippen MR) is 99.5 cm³/mol. The normalized spacial score (nSPS) is 11.7. The van der Waals surface area contributed by atoms with Crippen molar-refractivity contribution < 1.29 is 18.3 Å². The standard InChI is InChI=1S/C20H17F2N3O3/c1-2-17(20(27)23-15-5-3-4-14(22)12-15)28-18-10-11-19(26)25(24-18)16-8-6-13(21)7-9-16/h3-12,17H,2H2,1H3,(H,23,27)/t17-/m1/s1. The molecular weight excluding hydrogens is 368 g/mol. The van der Waals surface area contributed by atoms with Crippen molar-refractivity contribution in [2.24, 2.45) is 0 Å². The summed E-state index contributed by atoms with van der Waals surface area (Å²) >= 11 is 0. The number of anilines is 1. The van der Waals surface area contributed by atoms with E-state index in [9.17, 15) is 18.4 Å². The quantitative estimate of drug-likeness (QED) is 0.707. The molecule has 3 rings (SSSR count). The van der Waals surface area contributed by atoms with E-state index in [1.807, 2.05) is 0 Å². The zero-order valence-electron chi connectivity index (χ0n) is 14.9. The van der Waals surface area contributed by atoms with Gasteiger partial charge in [0.15, 0.2) is 6.10 Å². The van der Waals surface area contributed by atoms with Crippen molar-refractivity contribution in [2.75, 3.05) is 5.32 Å². The third-order valence-corrected chi connectivity index (χ3v) is 3.87. The summed E-state index contributed by atoms with van der Waals surface area (Å²) < 4.78 is 33.0. The van der Waals surface area contributed by atoms with Gasteiger partial charge in [-0.05, 0) is 48.9 Å². The lowest BCUT2D eigenvalue weighted by atomic mass is 10.2. The molecule has 144 valence electrons. The first-order valence-corrected chi connectivity index (χ1v) is 8.55. The number of halogens is 2. The maximum absolute atomic E-state index is 13.3. The number of ether oxygens (including phenoxy) is 1. The van der Waals surface area contributed by atoms with Gasteiger partial charge in [-0.3, -0.25) is 9.59 Å². The molecule has 1 heterocycles. The van der Waals surface area contributed by atoms with Crippen molar-refractivity contribution >= 4 is 11.6 Å². The van der Waals surface area contributed by atoms with Crippen molar-refractivity contribution in [3.05, 3.63) is 82.7 Å². The summed E-state index contributed by atoms with van der Waals surface area (Å²) in [6, 6.07) is 13.3. The Labute approximate surface area is 159 Å². The molecule has 0 bridgehead atoms. The highest BCUT2D eigenvalue weighted by Crippen LogP contribution is 2.14. The molecule has 0 aliphatic rings. The van der Waals surface area contributed by atoms with Crippen molar-refractivity contribution in [1.29, 1.82) is 0 Å². The zero-order valence-corrected chi connectivity index (χ0v) is 14.9. The molecule has 0 aliphatic carbocycles. The topological polar surface area (TPSA) is 73.2 Å². The molecule has 0 aliphatic heterocycles. The van der Waals surface area contributed by atoms with Gasteiger partial charge < -0.3 is 10.1 Å². The van der Waals surface area contributed by atoms with Gasteiger partial charge in [0.2, 0.25) is 5.88 Å². The van der Waals surface area contributed by atoms with Crippen LogP contribution >= 0.6 is 0 Å². The predicted octanol–water partition coefficient (Wildman–Crippen LogP) is 3.31. The van der Waals surface area contributed by atoms with Gasteiger partial charge >= 0.3 is 0 Å². The molecule has 1 atom stereocenters. The minimum atomic E-state index is -0.907. The smallest absolute Gasteiger partial charge is 0.271 e. The second kappa shape index (κ2) is 8.43. The van der Waals surface area contributed by atoms with Gasteiger partial charge in [-0.2, -0.15) is 4.68 Å². The van der Waals surface area contributed by atoms with Crippen molar-refractivity contribution in [2.45, 2.75) is 19.4 Å². The summed E-state index contributed by atoms with van der Waals surface area (Å²) in [6.07, 6.45) is -0.590. The lowest BCUT2D eigenvalue weighted by molar-refractivity contribution is -0.123. The van der Waals surface area contributed by atoms with Crippen LogP contribution in [-0.4, -0.2) is 21.8 Å². The Kier molecular flexibility index (Phi) is 5.78. The highest BCUT2D eigenvalue weighted by Gasteiger charge is 2.20. The van der Waals surface area contributed by atoms with Crippen LogP contribution < -0.4 is 15.6 Å². The number of hydrogen-bond acceptors (Lipinski definition) is 4. The Balaban J connectivity index is 1.79. The van der Waals surface area contributed by atoms with Crippen LogP contribution in [-0.2, 0) is 4.79 Å². The Morgan fingerprint density at radius 3 is 2.54 bits per heavy atom. The highest BCUT2D eigenvalue weighted by molar-refractivity contribution is 5.94. The fourth-order valence-corrected chi connectivity index (χ4v) is 2.48. The molecule has 0 unspecified atom stereocenters. The molecule has 3 aromatic rings. The zero-order chi connectivity index (χ0) is 20.1. The molecule has 8 heteroatoms. The van der Waals surface area contributed by atoms with Crippen LogP contribution in [0.1, 0.15) is 13.3 Å². The second-order valence-corrected chi connectivity index (χ2v) is 5.91.